The molecule has 1 aliphatic rings. The van der Waals surface area contributed by atoms with Crippen LogP contribution < -0.4 is 10.2 Å². The summed E-state index contributed by atoms with van der Waals surface area (Å²) in [6, 6.07) is 7.11. The average molecular weight is 355 g/mol. The summed E-state index contributed by atoms with van der Waals surface area (Å²) in [5.74, 6) is 0. The van der Waals surface area contributed by atoms with Crippen LogP contribution in [-0.4, -0.2) is 30.3 Å². The lowest BCUT2D eigenvalue weighted by Gasteiger charge is -2.37. The molecule has 0 amide bonds. The quantitative estimate of drug-likeness (QED) is 0.846. The van der Waals surface area contributed by atoms with E-state index < -0.39 is 0 Å². The van der Waals surface area contributed by atoms with Crippen molar-refractivity contribution in [3.63, 3.8) is 0 Å². The van der Waals surface area contributed by atoms with Gasteiger partial charge in [0.2, 0.25) is 0 Å². The molecule has 1 saturated carbocycles. The predicted octanol–water partition coefficient (Wildman–Crippen LogP) is 3.69. The molecule has 1 fully saturated rings. The molecule has 0 radical (unpaired) electrons. The maximum atomic E-state index is 10.3. The topological polar surface area (TPSA) is 35.5 Å². The van der Waals surface area contributed by atoms with Gasteiger partial charge in [0.05, 0.1) is 12.1 Å². The molecule has 2 N–H and O–H groups in total. The van der Waals surface area contributed by atoms with Crippen LogP contribution in [0, 0.1) is 0 Å². The van der Waals surface area contributed by atoms with Crippen molar-refractivity contribution in [1.82, 2.24) is 5.32 Å². The Morgan fingerprint density at radius 2 is 2.05 bits per heavy atom. The Balaban J connectivity index is 2.20. The number of hydrogen-bond acceptors (Lipinski definition) is 3. The smallest absolute Gasteiger partial charge is 0.0743 e. The molecule has 21 heavy (non-hydrogen) atoms. The third-order valence-electron chi connectivity index (χ3n) is 4.31. The first kappa shape index (κ1) is 16.8. The van der Waals surface area contributed by atoms with Crippen LogP contribution in [0.3, 0.4) is 0 Å². The minimum Gasteiger partial charge on any atom is -0.391 e. The van der Waals surface area contributed by atoms with Crippen LogP contribution in [0.25, 0.3) is 0 Å². The van der Waals surface area contributed by atoms with Crippen LogP contribution in [0.5, 0.6) is 0 Å². The summed E-state index contributed by atoms with van der Waals surface area (Å²) in [5, 5.41) is 13.8. The zero-order valence-corrected chi connectivity index (χ0v) is 14.9. The Bertz CT molecular complexity index is 464. The van der Waals surface area contributed by atoms with E-state index in [-0.39, 0.29) is 12.1 Å². The number of rotatable bonds is 5. The minimum atomic E-state index is -0.210. The number of aliphatic hydroxyl groups excluding tert-OH is 1. The van der Waals surface area contributed by atoms with Gasteiger partial charge in [-0.3, -0.25) is 0 Å². The van der Waals surface area contributed by atoms with Crippen molar-refractivity contribution in [2.45, 2.75) is 64.3 Å². The fourth-order valence-electron chi connectivity index (χ4n) is 3.08. The molecule has 2 unspecified atom stereocenters. The third-order valence-corrected chi connectivity index (χ3v) is 4.81. The van der Waals surface area contributed by atoms with E-state index in [2.05, 4.69) is 65.2 Å². The third kappa shape index (κ3) is 4.44. The molecule has 0 aliphatic heterocycles. The van der Waals surface area contributed by atoms with Crippen molar-refractivity contribution in [2.75, 3.05) is 11.9 Å². The van der Waals surface area contributed by atoms with Gasteiger partial charge in [0.1, 0.15) is 0 Å². The summed E-state index contributed by atoms with van der Waals surface area (Å²) >= 11 is 3.56. The molecule has 1 aromatic rings. The monoisotopic (exact) mass is 354 g/mol. The second kappa shape index (κ2) is 7.61. The first-order valence-electron chi connectivity index (χ1n) is 7.91. The van der Waals surface area contributed by atoms with Gasteiger partial charge < -0.3 is 15.3 Å². The first-order chi connectivity index (χ1) is 9.99. The molecule has 1 aliphatic carbocycles. The molecule has 1 aromatic carbocycles. The largest absolute Gasteiger partial charge is 0.391 e. The van der Waals surface area contributed by atoms with Gasteiger partial charge in [-0.15, -0.1) is 0 Å². The molecule has 3 nitrogen and oxygen atoms in total. The molecule has 0 heterocycles. The Morgan fingerprint density at radius 1 is 1.33 bits per heavy atom. The van der Waals surface area contributed by atoms with Gasteiger partial charge in [-0.1, -0.05) is 42.6 Å². The first-order valence-corrected chi connectivity index (χ1v) is 8.71. The number of aliphatic hydroxyl groups is 1. The number of hydrogen-bond donors (Lipinski definition) is 2. The van der Waals surface area contributed by atoms with Gasteiger partial charge in [-0.25, -0.2) is 0 Å². The summed E-state index contributed by atoms with van der Waals surface area (Å²) in [4.78, 5) is 2.27. The Hall–Kier alpha value is -0.580. The van der Waals surface area contributed by atoms with E-state index in [1.807, 2.05) is 0 Å². The molecule has 2 rings (SSSR count). The van der Waals surface area contributed by atoms with Crippen LogP contribution >= 0.6 is 15.9 Å². The number of nitrogens with one attached hydrogen (secondary N) is 1. The highest BCUT2D eigenvalue weighted by molar-refractivity contribution is 9.10. The molecule has 2 atom stereocenters. The number of likely N-dealkylation sites (N-methyl/N-ethyl adjacent to an activating group) is 1. The Kier molecular flexibility index (Phi) is 6.08. The van der Waals surface area contributed by atoms with E-state index in [1.165, 1.54) is 17.7 Å². The van der Waals surface area contributed by atoms with Crippen LogP contribution in [0.2, 0.25) is 0 Å². The highest BCUT2D eigenvalue weighted by atomic mass is 79.9. The summed E-state index contributed by atoms with van der Waals surface area (Å²) in [6.45, 7) is 5.16. The lowest BCUT2D eigenvalue weighted by molar-refractivity contribution is 0.106. The minimum absolute atomic E-state index is 0.210. The van der Waals surface area contributed by atoms with E-state index in [4.69, 9.17) is 0 Å². The van der Waals surface area contributed by atoms with Crippen molar-refractivity contribution >= 4 is 21.6 Å². The average Bonchev–Trinajstić information content (AvgIpc) is 2.45. The highest BCUT2D eigenvalue weighted by Gasteiger charge is 2.27. The van der Waals surface area contributed by atoms with Gasteiger partial charge in [0.25, 0.3) is 0 Å². The van der Waals surface area contributed by atoms with Crippen molar-refractivity contribution in [1.29, 1.82) is 0 Å². The summed E-state index contributed by atoms with van der Waals surface area (Å²) in [5.41, 5.74) is 2.50. The van der Waals surface area contributed by atoms with Crippen LogP contribution in [0.1, 0.15) is 45.1 Å². The van der Waals surface area contributed by atoms with E-state index in [9.17, 15) is 5.11 Å². The molecular weight excluding hydrogens is 328 g/mol. The normalized spacial score (nSPS) is 22.6. The Morgan fingerprint density at radius 3 is 2.71 bits per heavy atom. The van der Waals surface area contributed by atoms with E-state index in [0.717, 1.165) is 30.3 Å². The van der Waals surface area contributed by atoms with Crippen LogP contribution in [-0.2, 0) is 6.54 Å². The number of halogens is 1. The van der Waals surface area contributed by atoms with Gasteiger partial charge >= 0.3 is 0 Å². The zero-order valence-electron chi connectivity index (χ0n) is 13.3. The van der Waals surface area contributed by atoms with Crippen LogP contribution in [0.4, 0.5) is 5.69 Å². The lowest BCUT2D eigenvalue weighted by atomic mass is 9.91. The van der Waals surface area contributed by atoms with E-state index in [0.29, 0.717) is 6.04 Å². The number of benzene rings is 1. The standard InChI is InChI=1S/C17H27BrN2O/c1-12(2)19-11-13-10-14(18)8-9-15(13)20(3)16-6-4-5-7-17(16)21/h8-10,12,16-17,19,21H,4-7,11H2,1-3H3. The second-order valence-electron chi connectivity index (χ2n) is 6.34. The maximum absolute atomic E-state index is 10.3. The fourth-order valence-corrected chi connectivity index (χ4v) is 3.48. The van der Waals surface area contributed by atoms with E-state index in [1.54, 1.807) is 0 Å². The number of nitrogens with zero attached hydrogens (tertiary/aromatic N) is 1. The van der Waals surface area contributed by atoms with Crippen molar-refractivity contribution in [3.8, 4) is 0 Å². The maximum Gasteiger partial charge on any atom is 0.0743 e. The van der Waals surface area contributed by atoms with E-state index >= 15 is 0 Å². The summed E-state index contributed by atoms with van der Waals surface area (Å²) < 4.78 is 1.10. The zero-order chi connectivity index (χ0) is 15.4. The second-order valence-corrected chi connectivity index (χ2v) is 7.25. The van der Waals surface area contributed by atoms with Crippen molar-refractivity contribution < 1.29 is 5.11 Å². The summed E-state index contributed by atoms with van der Waals surface area (Å²) in [7, 11) is 2.11. The molecule has 4 heteroatoms. The van der Waals surface area contributed by atoms with Gasteiger partial charge in [-0.2, -0.15) is 0 Å². The lowest BCUT2D eigenvalue weighted by Crippen LogP contribution is -2.44. The summed E-state index contributed by atoms with van der Waals surface area (Å²) in [6.07, 6.45) is 4.14. The highest BCUT2D eigenvalue weighted by Crippen LogP contribution is 2.30. The van der Waals surface area contributed by atoms with Crippen molar-refractivity contribution in [2.24, 2.45) is 0 Å². The number of anilines is 1. The molecular formula is C17H27BrN2O. The van der Waals surface area contributed by atoms with Gasteiger partial charge in [0.15, 0.2) is 0 Å². The molecule has 0 spiro atoms. The predicted molar refractivity (Wildman–Crippen MR) is 92.8 cm³/mol. The van der Waals surface area contributed by atoms with Gasteiger partial charge in [-0.05, 0) is 36.6 Å². The molecule has 0 saturated heterocycles. The molecule has 0 bridgehead atoms. The van der Waals surface area contributed by atoms with Gasteiger partial charge in [0, 0.05) is 29.8 Å². The molecule has 118 valence electrons. The SMILES string of the molecule is CC(C)NCc1cc(Br)ccc1N(C)C1CCCCC1O. The molecule has 0 aromatic heterocycles. The fraction of sp³-hybridized carbons (Fsp3) is 0.647. The van der Waals surface area contributed by atoms with Crippen molar-refractivity contribution in [3.05, 3.63) is 28.2 Å². The van der Waals surface area contributed by atoms with Crippen LogP contribution in [0.15, 0.2) is 22.7 Å². The Labute approximate surface area is 136 Å².